The monoisotopic (exact) mass is 457 g/mol. The van der Waals surface area contributed by atoms with E-state index >= 15 is 0 Å². The van der Waals surface area contributed by atoms with E-state index in [2.05, 4.69) is 0 Å². The molecule has 0 unspecified atom stereocenters. The molecule has 0 fully saturated rings. The standard InChI is InChI=1S/C24H24ClNO4S/c1-5-30-21-10-8-20(9-11-21)26(31(28,29)22-12-6-19(25)7-13-22)24(27)23-17(3)14-16(2)15-18(23)4/h6-15H,5H2,1-4H3. The minimum atomic E-state index is -4.20. The average Bonchev–Trinajstić information content (AvgIpc) is 2.69. The molecule has 3 aromatic carbocycles. The van der Waals surface area contributed by atoms with Crippen molar-refractivity contribution in [3.05, 3.63) is 87.9 Å². The van der Waals surface area contributed by atoms with Crippen molar-refractivity contribution < 1.29 is 17.9 Å². The Morgan fingerprint density at radius 3 is 2.00 bits per heavy atom. The summed E-state index contributed by atoms with van der Waals surface area (Å²) in [5.74, 6) is -0.0284. The summed E-state index contributed by atoms with van der Waals surface area (Å²) in [6.45, 7) is 7.88. The highest BCUT2D eigenvalue weighted by Crippen LogP contribution is 2.30. The Labute approximate surface area is 188 Å². The number of hydrogen-bond donors (Lipinski definition) is 0. The second-order valence-electron chi connectivity index (χ2n) is 7.23. The van der Waals surface area contributed by atoms with Gasteiger partial charge in [0.15, 0.2) is 0 Å². The van der Waals surface area contributed by atoms with Crippen LogP contribution in [-0.4, -0.2) is 20.9 Å². The normalized spacial score (nSPS) is 11.3. The third kappa shape index (κ3) is 4.75. The number of carbonyl (C=O) groups excluding carboxylic acids is 1. The number of rotatable bonds is 6. The van der Waals surface area contributed by atoms with Crippen LogP contribution in [0.2, 0.25) is 5.02 Å². The molecule has 0 saturated heterocycles. The van der Waals surface area contributed by atoms with Crippen LogP contribution in [0.1, 0.15) is 34.0 Å². The molecule has 0 spiro atoms. The van der Waals surface area contributed by atoms with Crippen LogP contribution < -0.4 is 9.04 Å². The van der Waals surface area contributed by atoms with Crippen molar-refractivity contribution in [1.29, 1.82) is 0 Å². The summed E-state index contributed by atoms with van der Waals surface area (Å²) in [6, 6.07) is 15.9. The molecule has 0 aliphatic rings. The van der Waals surface area contributed by atoms with E-state index in [0.717, 1.165) is 9.87 Å². The first kappa shape index (κ1) is 22.8. The van der Waals surface area contributed by atoms with Crippen molar-refractivity contribution >= 4 is 33.2 Å². The fourth-order valence-corrected chi connectivity index (χ4v) is 5.07. The number of hydrogen-bond acceptors (Lipinski definition) is 4. The number of nitrogens with zero attached hydrogens (tertiary/aromatic N) is 1. The maximum Gasteiger partial charge on any atom is 0.272 e. The molecule has 0 heterocycles. The van der Waals surface area contributed by atoms with E-state index < -0.39 is 15.9 Å². The Morgan fingerprint density at radius 2 is 1.48 bits per heavy atom. The zero-order valence-electron chi connectivity index (χ0n) is 17.8. The summed E-state index contributed by atoms with van der Waals surface area (Å²) in [6.07, 6.45) is 0. The van der Waals surface area contributed by atoms with Gasteiger partial charge in [0.1, 0.15) is 5.75 Å². The molecular formula is C24H24ClNO4S. The molecule has 7 heteroatoms. The first-order chi connectivity index (χ1) is 14.6. The molecule has 3 aromatic rings. The minimum absolute atomic E-state index is 0.0263. The molecule has 3 rings (SSSR count). The zero-order valence-corrected chi connectivity index (χ0v) is 19.4. The lowest BCUT2D eigenvalue weighted by Crippen LogP contribution is -2.37. The fraction of sp³-hybridized carbons (Fsp3) is 0.208. The summed E-state index contributed by atoms with van der Waals surface area (Å²) >= 11 is 5.93. The second kappa shape index (κ2) is 9.12. The van der Waals surface area contributed by atoms with Gasteiger partial charge in [-0.05, 0) is 87.4 Å². The molecule has 0 N–H and O–H groups in total. The van der Waals surface area contributed by atoms with Crippen LogP contribution in [0.15, 0.2) is 65.6 Å². The molecule has 162 valence electrons. The maximum atomic E-state index is 13.7. The molecule has 31 heavy (non-hydrogen) atoms. The molecule has 0 radical (unpaired) electrons. The van der Waals surface area contributed by atoms with Gasteiger partial charge in [-0.15, -0.1) is 0 Å². The molecule has 0 atom stereocenters. The lowest BCUT2D eigenvalue weighted by molar-refractivity contribution is 0.100. The van der Waals surface area contributed by atoms with E-state index in [1.54, 1.807) is 38.1 Å². The maximum absolute atomic E-state index is 13.7. The Bertz CT molecular complexity index is 1180. The van der Waals surface area contributed by atoms with E-state index in [0.29, 0.717) is 34.1 Å². The number of sulfonamides is 1. The van der Waals surface area contributed by atoms with E-state index in [1.165, 1.54) is 24.3 Å². The highest BCUT2D eigenvalue weighted by Gasteiger charge is 2.33. The van der Waals surface area contributed by atoms with Crippen LogP contribution in [0.25, 0.3) is 0 Å². The van der Waals surface area contributed by atoms with Crippen molar-refractivity contribution in [2.75, 3.05) is 10.9 Å². The highest BCUT2D eigenvalue weighted by molar-refractivity contribution is 7.93. The number of benzene rings is 3. The van der Waals surface area contributed by atoms with Gasteiger partial charge in [-0.3, -0.25) is 4.79 Å². The molecule has 0 bridgehead atoms. The van der Waals surface area contributed by atoms with E-state index in [-0.39, 0.29) is 10.6 Å². The molecule has 0 saturated carbocycles. The van der Waals surface area contributed by atoms with Gasteiger partial charge < -0.3 is 4.74 Å². The molecule has 1 amide bonds. The smallest absolute Gasteiger partial charge is 0.272 e. The lowest BCUT2D eigenvalue weighted by atomic mass is 9.99. The largest absolute Gasteiger partial charge is 0.494 e. The summed E-state index contributed by atoms with van der Waals surface area (Å²) in [4.78, 5) is 13.7. The lowest BCUT2D eigenvalue weighted by Gasteiger charge is -2.25. The Hall–Kier alpha value is -2.83. The molecule has 5 nitrogen and oxygen atoms in total. The first-order valence-corrected chi connectivity index (χ1v) is 11.6. The minimum Gasteiger partial charge on any atom is -0.494 e. The molecule has 0 aromatic heterocycles. The van der Waals surface area contributed by atoms with Gasteiger partial charge in [-0.2, -0.15) is 4.31 Å². The zero-order chi connectivity index (χ0) is 22.8. The summed E-state index contributed by atoms with van der Waals surface area (Å²) in [5.41, 5.74) is 3.01. The molecule has 0 aliphatic carbocycles. The number of anilines is 1. The van der Waals surface area contributed by atoms with Gasteiger partial charge >= 0.3 is 0 Å². The summed E-state index contributed by atoms with van der Waals surface area (Å²) in [5, 5.41) is 0.406. The van der Waals surface area contributed by atoms with Crippen LogP contribution in [-0.2, 0) is 10.0 Å². The third-order valence-electron chi connectivity index (χ3n) is 4.81. The average molecular weight is 458 g/mol. The SMILES string of the molecule is CCOc1ccc(N(C(=O)c2c(C)cc(C)cc2C)S(=O)(=O)c2ccc(Cl)cc2)cc1. The Balaban J connectivity index is 2.19. The van der Waals surface area contributed by atoms with E-state index in [4.69, 9.17) is 16.3 Å². The van der Waals surface area contributed by atoms with Gasteiger partial charge in [-0.25, -0.2) is 8.42 Å². The van der Waals surface area contributed by atoms with Gasteiger partial charge in [-0.1, -0.05) is 29.3 Å². The van der Waals surface area contributed by atoms with Gasteiger partial charge in [0.05, 0.1) is 17.2 Å². The van der Waals surface area contributed by atoms with Crippen molar-refractivity contribution in [2.45, 2.75) is 32.6 Å². The van der Waals surface area contributed by atoms with Crippen molar-refractivity contribution in [3.63, 3.8) is 0 Å². The number of carbonyl (C=O) groups is 1. The van der Waals surface area contributed by atoms with Crippen molar-refractivity contribution in [3.8, 4) is 5.75 Å². The van der Waals surface area contributed by atoms with Crippen LogP contribution >= 0.6 is 11.6 Å². The Morgan fingerprint density at radius 1 is 0.935 bits per heavy atom. The molecular weight excluding hydrogens is 434 g/mol. The van der Waals surface area contributed by atoms with Crippen LogP contribution in [0.4, 0.5) is 5.69 Å². The number of aryl methyl sites for hydroxylation is 3. The van der Waals surface area contributed by atoms with Crippen LogP contribution in [0.3, 0.4) is 0 Å². The summed E-state index contributed by atoms with van der Waals surface area (Å²) in [7, 11) is -4.20. The molecule has 0 aliphatic heterocycles. The number of halogens is 1. The topological polar surface area (TPSA) is 63.7 Å². The first-order valence-electron chi connectivity index (χ1n) is 9.81. The Kier molecular flexibility index (Phi) is 6.72. The summed E-state index contributed by atoms with van der Waals surface area (Å²) < 4.78 is 33.5. The van der Waals surface area contributed by atoms with E-state index in [1.807, 2.05) is 26.0 Å². The number of ether oxygens (including phenoxy) is 1. The van der Waals surface area contributed by atoms with Gasteiger partial charge in [0.2, 0.25) is 0 Å². The third-order valence-corrected chi connectivity index (χ3v) is 6.79. The highest BCUT2D eigenvalue weighted by atomic mass is 35.5. The van der Waals surface area contributed by atoms with Gasteiger partial charge in [0, 0.05) is 10.6 Å². The van der Waals surface area contributed by atoms with Crippen LogP contribution in [0.5, 0.6) is 5.75 Å². The quantitative estimate of drug-likeness (QED) is 0.476. The van der Waals surface area contributed by atoms with E-state index in [9.17, 15) is 13.2 Å². The van der Waals surface area contributed by atoms with Gasteiger partial charge in [0.25, 0.3) is 15.9 Å². The van der Waals surface area contributed by atoms with Crippen molar-refractivity contribution in [2.24, 2.45) is 0 Å². The van der Waals surface area contributed by atoms with Crippen molar-refractivity contribution in [1.82, 2.24) is 0 Å². The fourth-order valence-electron chi connectivity index (χ4n) is 3.54. The number of amides is 1. The second-order valence-corrected chi connectivity index (χ2v) is 9.45. The predicted molar refractivity (Wildman–Crippen MR) is 124 cm³/mol. The van der Waals surface area contributed by atoms with Crippen LogP contribution in [0, 0.1) is 20.8 Å². The predicted octanol–water partition coefficient (Wildman–Crippen LogP) is 5.70.